The molecule has 0 heterocycles. The standard InChI is InChI=1S/C25H40O4/c1-5-6-7-8-9-11-18-23(26)28-21-16-13-14-17-22(21)29-24(27)19-12-10-15-20-25(2,3)4/h13-14,16-17H,5-12,15,18-20H2,1-4H3. The lowest BCUT2D eigenvalue weighted by molar-refractivity contribution is -0.137. The van der Waals surface area contributed by atoms with E-state index in [0.29, 0.717) is 29.8 Å². The number of esters is 2. The zero-order chi connectivity index (χ0) is 21.5. The van der Waals surface area contributed by atoms with Gasteiger partial charge < -0.3 is 9.47 Å². The van der Waals surface area contributed by atoms with Crippen LogP contribution in [0.25, 0.3) is 0 Å². The molecule has 0 amide bonds. The molecule has 4 heteroatoms. The molecule has 1 aromatic carbocycles. The van der Waals surface area contributed by atoms with Gasteiger partial charge in [-0.1, -0.05) is 84.8 Å². The van der Waals surface area contributed by atoms with E-state index in [-0.39, 0.29) is 11.9 Å². The largest absolute Gasteiger partial charge is 0.423 e. The first-order valence-electron chi connectivity index (χ1n) is 11.3. The average Bonchev–Trinajstić information content (AvgIpc) is 2.65. The van der Waals surface area contributed by atoms with Crippen LogP contribution in [0.5, 0.6) is 11.5 Å². The fourth-order valence-electron chi connectivity index (χ4n) is 3.12. The molecule has 0 radical (unpaired) electrons. The van der Waals surface area contributed by atoms with Crippen LogP contribution in [0.2, 0.25) is 0 Å². The SMILES string of the molecule is CCCCCCCCC(=O)Oc1ccccc1OC(=O)CCCCCC(C)(C)C. The van der Waals surface area contributed by atoms with E-state index in [4.69, 9.17) is 9.47 Å². The highest BCUT2D eigenvalue weighted by Crippen LogP contribution is 2.28. The third kappa shape index (κ3) is 13.1. The number of hydrogen-bond donors (Lipinski definition) is 0. The molecule has 164 valence electrons. The van der Waals surface area contributed by atoms with Crippen molar-refractivity contribution in [2.24, 2.45) is 5.41 Å². The highest BCUT2D eigenvalue weighted by atomic mass is 16.6. The zero-order valence-electron chi connectivity index (χ0n) is 18.9. The van der Waals surface area contributed by atoms with Crippen LogP contribution in [0.4, 0.5) is 0 Å². The van der Waals surface area contributed by atoms with Crippen LogP contribution >= 0.6 is 0 Å². The smallest absolute Gasteiger partial charge is 0.311 e. The van der Waals surface area contributed by atoms with Gasteiger partial charge in [0, 0.05) is 12.8 Å². The summed E-state index contributed by atoms with van der Waals surface area (Å²) in [5.74, 6) is 0.0967. The van der Waals surface area contributed by atoms with Crippen molar-refractivity contribution >= 4 is 11.9 Å². The van der Waals surface area contributed by atoms with Gasteiger partial charge in [-0.05, 0) is 36.8 Å². The Balaban J connectivity index is 2.35. The maximum atomic E-state index is 12.1. The van der Waals surface area contributed by atoms with Crippen molar-refractivity contribution < 1.29 is 19.1 Å². The lowest BCUT2D eigenvalue weighted by Gasteiger charge is -2.17. The van der Waals surface area contributed by atoms with Crippen LogP contribution in [0, 0.1) is 5.41 Å². The van der Waals surface area contributed by atoms with Crippen molar-refractivity contribution in [2.75, 3.05) is 0 Å². The van der Waals surface area contributed by atoms with E-state index in [2.05, 4.69) is 27.7 Å². The molecule has 0 aromatic heterocycles. The Kier molecular flexibility index (Phi) is 12.3. The number of unbranched alkanes of at least 4 members (excludes halogenated alkanes) is 7. The molecule has 0 saturated heterocycles. The van der Waals surface area contributed by atoms with Crippen LogP contribution in [-0.4, -0.2) is 11.9 Å². The highest BCUT2D eigenvalue weighted by molar-refractivity contribution is 5.76. The van der Waals surface area contributed by atoms with Crippen molar-refractivity contribution in [3.05, 3.63) is 24.3 Å². The lowest BCUT2D eigenvalue weighted by atomic mass is 9.89. The molecule has 0 aliphatic heterocycles. The van der Waals surface area contributed by atoms with Gasteiger partial charge in [0.25, 0.3) is 0 Å². The van der Waals surface area contributed by atoms with Crippen LogP contribution in [-0.2, 0) is 9.59 Å². The second-order valence-corrected chi connectivity index (χ2v) is 9.03. The van der Waals surface area contributed by atoms with Gasteiger partial charge in [-0.3, -0.25) is 9.59 Å². The Hall–Kier alpha value is -1.84. The number of ether oxygens (including phenoxy) is 2. The third-order valence-corrected chi connectivity index (χ3v) is 4.84. The van der Waals surface area contributed by atoms with E-state index in [0.717, 1.165) is 44.9 Å². The number of benzene rings is 1. The van der Waals surface area contributed by atoms with Crippen molar-refractivity contribution in [1.29, 1.82) is 0 Å². The summed E-state index contributed by atoms with van der Waals surface area (Å²) in [6, 6.07) is 6.89. The molecule has 0 aliphatic rings. The number of carbonyl (C=O) groups is 2. The topological polar surface area (TPSA) is 52.6 Å². The zero-order valence-corrected chi connectivity index (χ0v) is 18.9. The minimum absolute atomic E-state index is 0.272. The highest BCUT2D eigenvalue weighted by Gasteiger charge is 2.14. The Morgan fingerprint density at radius 2 is 1.17 bits per heavy atom. The normalized spacial score (nSPS) is 11.3. The molecule has 0 saturated carbocycles. The Morgan fingerprint density at radius 3 is 1.66 bits per heavy atom. The monoisotopic (exact) mass is 404 g/mol. The maximum absolute atomic E-state index is 12.1. The average molecular weight is 405 g/mol. The van der Waals surface area contributed by atoms with Gasteiger partial charge >= 0.3 is 11.9 Å². The van der Waals surface area contributed by atoms with Crippen LogP contribution in [0.3, 0.4) is 0 Å². The summed E-state index contributed by atoms with van der Waals surface area (Å²) in [5, 5.41) is 0. The molecule has 1 rings (SSSR count). The van der Waals surface area contributed by atoms with Crippen LogP contribution in [0.1, 0.15) is 105 Å². The van der Waals surface area contributed by atoms with Gasteiger partial charge in [0.15, 0.2) is 11.5 Å². The van der Waals surface area contributed by atoms with E-state index < -0.39 is 0 Å². The van der Waals surface area contributed by atoms with Crippen LogP contribution in [0.15, 0.2) is 24.3 Å². The quantitative estimate of drug-likeness (QED) is 0.186. The van der Waals surface area contributed by atoms with Crippen molar-refractivity contribution in [3.8, 4) is 11.5 Å². The van der Waals surface area contributed by atoms with Gasteiger partial charge in [-0.15, -0.1) is 0 Å². The summed E-state index contributed by atoms with van der Waals surface area (Å²) in [6.07, 6.45) is 11.6. The van der Waals surface area contributed by atoms with Gasteiger partial charge in [-0.2, -0.15) is 0 Å². The summed E-state index contributed by atoms with van der Waals surface area (Å²) in [7, 11) is 0. The first-order valence-corrected chi connectivity index (χ1v) is 11.3. The summed E-state index contributed by atoms with van der Waals surface area (Å²) < 4.78 is 10.9. The summed E-state index contributed by atoms with van der Waals surface area (Å²) in [4.78, 5) is 24.2. The van der Waals surface area contributed by atoms with Gasteiger partial charge in [0.05, 0.1) is 0 Å². The van der Waals surface area contributed by atoms with Crippen LogP contribution < -0.4 is 9.47 Å². The molecule has 1 aromatic rings. The summed E-state index contributed by atoms with van der Waals surface area (Å²) in [5.41, 5.74) is 0.332. The molecule has 0 N–H and O–H groups in total. The second-order valence-electron chi connectivity index (χ2n) is 9.03. The minimum Gasteiger partial charge on any atom is -0.423 e. The van der Waals surface area contributed by atoms with E-state index in [1.165, 1.54) is 19.3 Å². The maximum Gasteiger partial charge on any atom is 0.311 e. The van der Waals surface area contributed by atoms with E-state index >= 15 is 0 Å². The van der Waals surface area contributed by atoms with Gasteiger partial charge in [0.1, 0.15) is 0 Å². The van der Waals surface area contributed by atoms with Crippen molar-refractivity contribution in [1.82, 2.24) is 0 Å². The molecule has 0 spiro atoms. The Bertz CT molecular complexity index is 601. The first kappa shape index (κ1) is 25.2. The second kappa shape index (κ2) is 14.2. The molecule has 0 unspecified atom stereocenters. The fraction of sp³-hybridized carbons (Fsp3) is 0.680. The summed E-state index contributed by atoms with van der Waals surface area (Å²) in [6.45, 7) is 8.87. The van der Waals surface area contributed by atoms with Gasteiger partial charge in [-0.25, -0.2) is 0 Å². The first-order chi connectivity index (χ1) is 13.8. The Labute approximate surface area is 177 Å². The molecule has 0 bridgehead atoms. The fourth-order valence-corrected chi connectivity index (χ4v) is 3.12. The minimum atomic E-state index is -0.278. The molecular formula is C25H40O4. The van der Waals surface area contributed by atoms with Crippen molar-refractivity contribution in [3.63, 3.8) is 0 Å². The molecular weight excluding hydrogens is 364 g/mol. The third-order valence-electron chi connectivity index (χ3n) is 4.84. The van der Waals surface area contributed by atoms with E-state index in [1.807, 2.05) is 0 Å². The number of carbonyl (C=O) groups excluding carboxylic acids is 2. The van der Waals surface area contributed by atoms with E-state index in [9.17, 15) is 9.59 Å². The number of rotatable bonds is 14. The molecule has 4 nitrogen and oxygen atoms in total. The lowest BCUT2D eigenvalue weighted by Crippen LogP contribution is -2.12. The van der Waals surface area contributed by atoms with E-state index in [1.54, 1.807) is 24.3 Å². The number of para-hydroxylation sites is 2. The Morgan fingerprint density at radius 1 is 0.724 bits per heavy atom. The molecule has 0 fully saturated rings. The van der Waals surface area contributed by atoms with Gasteiger partial charge in [0.2, 0.25) is 0 Å². The number of hydrogen-bond acceptors (Lipinski definition) is 4. The predicted molar refractivity (Wildman–Crippen MR) is 118 cm³/mol. The summed E-state index contributed by atoms with van der Waals surface area (Å²) >= 11 is 0. The van der Waals surface area contributed by atoms with Crippen molar-refractivity contribution in [2.45, 2.75) is 105 Å². The predicted octanol–water partition coefficient (Wildman–Crippen LogP) is 7.24. The molecule has 0 atom stereocenters. The molecule has 0 aliphatic carbocycles. The molecule has 29 heavy (non-hydrogen) atoms.